The highest BCUT2D eigenvalue weighted by Gasteiger charge is 2.32. The van der Waals surface area contributed by atoms with E-state index in [-0.39, 0.29) is 37.6 Å². The molecule has 0 spiro atoms. The van der Waals surface area contributed by atoms with Gasteiger partial charge in [0, 0.05) is 36.2 Å². The second-order valence-corrected chi connectivity index (χ2v) is 7.14. The lowest BCUT2D eigenvalue weighted by molar-refractivity contribution is -0.137. The molecule has 0 saturated carbocycles. The van der Waals surface area contributed by atoms with Crippen LogP contribution in [0.1, 0.15) is 26.3 Å². The maximum atomic E-state index is 13.2. The van der Waals surface area contributed by atoms with Gasteiger partial charge in [-0.05, 0) is 52.3 Å². The molecule has 3 rings (SSSR count). The van der Waals surface area contributed by atoms with E-state index in [0.29, 0.717) is 10.0 Å². The van der Waals surface area contributed by atoms with Gasteiger partial charge in [-0.25, -0.2) is 4.39 Å². The van der Waals surface area contributed by atoms with E-state index in [1.807, 2.05) is 0 Å². The summed E-state index contributed by atoms with van der Waals surface area (Å²) in [7, 11) is 0. The van der Waals surface area contributed by atoms with Crippen LogP contribution in [0.25, 0.3) is 0 Å². The van der Waals surface area contributed by atoms with Gasteiger partial charge in [0.15, 0.2) is 0 Å². The number of amides is 2. The Morgan fingerprint density at radius 3 is 2.07 bits per heavy atom. The van der Waals surface area contributed by atoms with Crippen LogP contribution in [0.4, 0.5) is 17.6 Å². The molecule has 0 atom stereocenters. The third-order valence-corrected chi connectivity index (χ3v) is 5.11. The zero-order chi connectivity index (χ0) is 20.5. The quantitative estimate of drug-likeness (QED) is 0.632. The fraction of sp³-hybridized carbons (Fsp3) is 0.263. The Morgan fingerprint density at radius 2 is 1.50 bits per heavy atom. The van der Waals surface area contributed by atoms with Gasteiger partial charge in [-0.3, -0.25) is 9.59 Å². The van der Waals surface area contributed by atoms with Crippen molar-refractivity contribution in [2.45, 2.75) is 6.18 Å². The van der Waals surface area contributed by atoms with E-state index in [2.05, 4.69) is 15.9 Å². The minimum Gasteiger partial charge on any atom is -0.335 e. The number of nitrogens with zero attached hydrogens (tertiary/aromatic N) is 2. The lowest BCUT2D eigenvalue weighted by Crippen LogP contribution is -2.50. The van der Waals surface area contributed by atoms with E-state index in [1.165, 1.54) is 40.1 Å². The zero-order valence-electron chi connectivity index (χ0n) is 14.5. The van der Waals surface area contributed by atoms with E-state index in [1.54, 1.807) is 0 Å². The van der Waals surface area contributed by atoms with Crippen LogP contribution in [-0.2, 0) is 6.18 Å². The number of alkyl halides is 3. The molecule has 0 radical (unpaired) electrons. The summed E-state index contributed by atoms with van der Waals surface area (Å²) in [6, 6.07) is 8.03. The Hall–Kier alpha value is -2.42. The van der Waals surface area contributed by atoms with Crippen molar-refractivity contribution >= 4 is 27.7 Å². The standard InChI is InChI=1S/C19H15BrF4N2O2/c20-16-11-14(21)4-5-15(16)18(28)26-8-6-25(7-9-26)17(27)12-2-1-3-13(10-12)19(22,23)24/h1-5,10-11H,6-9H2. The molecule has 0 aromatic heterocycles. The van der Waals surface area contributed by atoms with Gasteiger partial charge in [0.05, 0.1) is 11.1 Å². The van der Waals surface area contributed by atoms with Crippen molar-refractivity contribution in [1.82, 2.24) is 9.80 Å². The molecule has 1 aliphatic heterocycles. The van der Waals surface area contributed by atoms with Gasteiger partial charge in [-0.2, -0.15) is 13.2 Å². The van der Waals surface area contributed by atoms with Crippen molar-refractivity contribution in [1.29, 1.82) is 0 Å². The molecule has 9 heteroatoms. The summed E-state index contributed by atoms with van der Waals surface area (Å²) in [6.07, 6.45) is -4.52. The lowest BCUT2D eigenvalue weighted by atomic mass is 10.1. The second kappa shape index (κ2) is 7.90. The maximum Gasteiger partial charge on any atom is 0.416 e. The van der Waals surface area contributed by atoms with Gasteiger partial charge in [0.2, 0.25) is 0 Å². The first-order valence-corrected chi connectivity index (χ1v) is 9.17. The molecule has 0 aliphatic carbocycles. The van der Waals surface area contributed by atoms with Crippen LogP contribution >= 0.6 is 15.9 Å². The van der Waals surface area contributed by atoms with Gasteiger partial charge in [-0.15, -0.1) is 0 Å². The highest BCUT2D eigenvalue weighted by molar-refractivity contribution is 9.10. The molecule has 0 unspecified atom stereocenters. The van der Waals surface area contributed by atoms with Crippen molar-refractivity contribution in [3.05, 3.63) is 69.4 Å². The van der Waals surface area contributed by atoms with E-state index < -0.39 is 23.5 Å². The Labute approximate surface area is 166 Å². The molecule has 1 saturated heterocycles. The topological polar surface area (TPSA) is 40.6 Å². The Balaban J connectivity index is 1.67. The average molecular weight is 459 g/mol. The number of hydrogen-bond acceptors (Lipinski definition) is 2. The number of carbonyl (C=O) groups is 2. The molecule has 148 valence electrons. The van der Waals surface area contributed by atoms with Crippen LogP contribution in [0, 0.1) is 5.82 Å². The smallest absolute Gasteiger partial charge is 0.335 e. The predicted octanol–water partition coefficient (Wildman–Crippen LogP) is 4.21. The first-order chi connectivity index (χ1) is 13.2. The summed E-state index contributed by atoms with van der Waals surface area (Å²) in [5.41, 5.74) is -0.622. The van der Waals surface area contributed by atoms with E-state index >= 15 is 0 Å². The molecule has 2 aromatic carbocycles. The fourth-order valence-electron chi connectivity index (χ4n) is 2.96. The minimum atomic E-state index is -4.52. The summed E-state index contributed by atoms with van der Waals surface area (Å²) in [6.45, 7) is 0.847. The van der Waals surface area contributed by atoms with Crippen molar-refractivity contribution in [2.75, 3.05) is 26.2 Å². The third kappa shape index (κ3) is 4.35. The van der Waals surface area contributed by atoms with E-state index in [9.17, 15) is 27.2 Å². The summed E-state index contributed by atoms with van der Waals surface area (Å²) >= 11 is 3.16. The first kappa shape index (κ1) is 20.3. The molecule has 1 fully saturated rings. The molecule has 1 aliphatic rings. The number of piperazine rings is 1. The molecule has 2 aromatic rings. The summed E-state index contributed by atoms with van der Waals surface area (Å²) in [4.78, 5) is 28.0. The van der Waals surface area contributed by atoms with E-state index in [0.717, 1.165) is 12.1 Å². The first-order valence-electron chi connectivity index (χ1n) is 8.37. The SMILES string of the molecule is O=C(c1cccc(C(F)(F)F)c1)N1CCN(C(=O)c2ccc(F)cc2Br)CC1. The van der Waals surface area contributed by atoms with Crippen molar-refractivity contribution < 1.29 is 27.2 Å². The van der Waals surface area contributed by atoms with Gasteiger partial charge < -0.3 is 9.80 Å². The predicted molar refractivity (Wildman–Crippen MR) is 97.4 cm³/mol. The van der Waals surface area contributed by atoms with Gasteiger partial charge in [-0.1, -0.05) is 6.07 Å². The number of rotatable bonds is 2. The summed E-state index contributed by atoms with van der Waals surface area (Å²) in [5, 5.41) is 0. The summed E-state index contributed by atoms with van der Waals surface area (Å²) in [5.74, 6) is -1.29. The molecule has 4 nitrogen and oxygen atoms in total. The maximum absolute atomic E-state index is 13.2. The molecule has 1 heterocycles. The molecular formula is C19H15BrF4N2O2. The third-order valence-electron chi connectivity index (χ3n) is 4.45. The van der Waals surface area contributed by atoms with Crippen LogP contribution in [0.5, 0.6) is 0 Å². The largest absolute Gasteiger partial charge is 0.416 e. The van der Waals surface area contributed by atoms with Crippen LogP contribution < -0.4 is 0 Å². The summed E-state index contributed by atoms with van der Waals surface area (Å²) < 4.78 is 52.0. The number of halogens is 5. The van der Waals surface area contributed by atoms with Crippen LogP contribution in [0.3, 0.4) is 0 Å². The minimum absolute atomic E-state index is 0.0455. The highest BCUT2D eigenvalue weighted by Crippen LogP contribution is 2.30. The second-order valence-electron chi connectivity index (χ2n) is 6.29. The molecule has 0 bridgehead atoms. The van der Waals surface area contributed by atoms with Crippen LogP contribution in [0.2, 0.25) is 0 Å². The zero-order valence-corrected chi connectivity index (χ0v) is 16.1. The van der Waals surface area contributed by atoms with Gasteiger partial charge in [0.25, 0.3) is 11.8 Å². The molecule has 0 N–H and O–H groups in total. The Kier molecular flexibility index (Phi) is 5.74. The van der Waals surface area contributed by atoms with Crippen molar-refractivity contribution in [2.24, 2.45) is 0 Å². The molecule has 28 heavy (non-hydrogen) atoms. The average Bonchev–Trinajstić information content (AvgIpc) is 2.66. The number of carbonyl (C=O) groups excluding carboxylic acids is 2. The lowest BCUT2D eigenvalue weighted by Gasteiger charge is -2.35. The van der Waals surface area contributed by atoms with E-state index in [4.69, 9.17) is 0 Å². The normalized spacial score (nSPS) is 14.9. The van der Waals surface area contributed by atoms with Gasteiger partial charge in [0.1, 0.15) is 5.82 Å². The molecule has 2 amide bonds. The molecular weight excluding hydrogens is 444 g/mol. The van der Waals surface area contributed by atoms with Crippen LogP contribution in [-0.4, -0.2) is 47.8 Å². The van der Waals surface area contributed by atoms with Crippen LogP contribution in [0.15, 0.2) is 46.9 Å². The number of benzene rings is 2. The monoisotopic (exact) mass is 458 g/mol. The van der Waals surface area contributed by atoms with Crippen molar-refractivity contribution in [3.63, 3.8) is 0 Å². The fourth-order valence-corrected chi connectivity index (χ4v) is 3.48. The Bertz CT molecular complexity index is 909. The number of hydrogen-bond donors (Lipinski definition) is 0. The highest BCUT2D eigenvalue weighted by atomic mass is 79.9. The van der Waals surface area contributed by atoms with Crippen molar-refractivity contribution in [3.8, 4) is 0 Å². The van der Waals surface area contributed by atoms with Gasteiger partial charge >= 0.3 is 6.18 Å². The Morgan fingerprint density at radius 1 is 0.893 bits per heavy atom.